The topological polar surface area (TPSA) is 21.3 Å². The monoisotopic (exact) mass is 309 g/mol. The molecule has 2 aromatic carbocycles. The van der Waals surface area contributed by atoms with Crippen molar-refractivity contribution in [3.63, 3.8) is 0 Å². The summed E-state index contributed by atoms with van der Waals surface area (Å²) < 4.78 is 31.9. The second-order valence-corrected chi connectivity index (χ2v) is 5.59. The van der Waals surface area contributed by atoms with Gasteiger partial charge in [-0.2, -0.15) is 0 Å². The molecule has 0 aliphatic heterocycles. The summed E-state index contributed by atoms with van der Waals surface area (Å²) in [6, 6.07) is 10.8. The fourth-order valence-corrected chi connectivity index (χ4v) is 3.12. The van der Waals surface area contributed by atoms with Gasteiger partial charge in [-0.25, -0.2) is 8.78 Å². The van der Waals surface area contributed by atoms with E-state index in [9.17, 15) is 8.78 Å². The van der Waals surface area contributed by atoms with Crippen LogP contribution in [0.3, 0.4) is 0 Å². The van der Waals surface area contributed by atoms with E-state index in [0.717, 1.165) is 10.5 Å². The third-order valence-electron chi connectivity index (χ3n) is 3.13. The summed E-state index contributed by atoms with van der Waals surface area (Å²) in [4.78, 5) is 0.839. The molecule has 2 nitrogen and oxygen atoms in total. The van der Waals surface area contributed by atoms with Crippen LogP contribution in [0.2, 0.25) is 0 Å². The minimum Gasteiger partial charge on any atom is -0.496 e. The van der Waals surface area contributed by atoms with Gasteiger partial charge in [-0.15, -0.1) is 11.8 Å². The Morgan fingerprint density at radius 3 is 2.57 bits per heavy atom. The summed E-state index contributed by atoms with van der Waals surface area (Å²) in [6.45, 7) is 0. The van der Waals surface area contributed by atoms with E-state index < -0.39 is 0 Å². The average molecular weight is 309 g/mol. The zero-order valence-electron chi connectivity index (χ0n) is 11.9. The third-order valence-corrected chi connectivity index (χ3v) is 4.22. The van der Waals surface area contributed by atoms with Gasteiger partial charge in [0, 0.05) is 22.3 Å². The molecule has 21 heavy (non-hydrogen) atoms. The zero-order chi connectivity index (χ0) is 15.2. The van der Waals surface area contributed by atoms with Crippen molar-refractivity contribution in [2.24, 2.45) is 0 Å². The standard InChI is InChI=1S/C16H17F2NOS/c1-19-15(10-21-13-5-3-4-11(17)8-13)14-9-12(18)6-7-16(14)20-2/h3-9,15,19H,10H2,1-2H3. The van der Waals surface area contributed by atoms with Gasteiger partial charge in [0.1, 0.15) is 17.4 Å². The molecular weight excluding hydrogens is 292 g/mol. The van der Waals surface area contributed by atoms with E-state index in [2.05, 4.69) is 5.32 Å². The summed E-state index contributed by atoms with van der Waals surface area (Å²) in [5.41, 5.74) is 0.754. The molecule has 2 aromatic rings. The van der Waals surface area contributed by atoms with Gasteiger partial charge in [-0.05, 0) is 43.4 Å². The molecule has 1 unspecified atom stereocenters. The first-order valence-electron chi connectivity index (χ1n) is 6.53. The van der Waals surface area contributed by atoms with Crippen molar-refractivity contribution >= 4 is 11.8 Å². The van der Waals surface area contributed by atoms with Crippen molar-refractivity contribution in [3.8, 4) is 5.75 Å². The molecule has 0 radical (unpaired) electrons. The van der Waals surface area contributed by atoms with Crippen LogP contribution in [0, 0.1) is 11.6 Å². The highest BCUT2D eigenvalue weighted by Crippen LogP contribution is 2.30. The molecule has 1 N–H and O–H groups in total. The van der Waals surface area contributed by atoms with Gasteiger partial charge >= 0.3 is 0 Å². The van der Waals surface area contributed by atoms with E-state index in [0.29, 0.717) is 11.5 Å². The zero-order valence-corrected chi connectivity index (χ0v) is 12.7. The number of rotatable bonds is 6. The summed E-state index contributed by atoms with van der Waals surface area (Å²) in [5, 5.41) is 3.14. The SMILES string of the molecule is CNC(CSc1cccc(F)c1)c1cc(F)ccc1OC. The molecule has 0 saturated heterocycles. The molecule has 0 spiro atoms. The quantitative estimate of drug-likeness (QED) is 0.814. The number of halogens is 2. The van der Waals surface area contributed by atoms with Crippen LogP contribution in [0.25, 0.3) is 0 Å². The van der Waals surface area contributed by atoms with E-state index >= 15 is 0 Å². The van der Waals surface area contributed by atoms with Gasteiger partial charge in [-0.1, -0.05) is 6.07 Å². The number of ether oxygens (including phenoxy) is 1. The molecule has 0 heterocycles. The van der Waals surface area contributed by atoms with Crippen LogP contribution in [-0.2, 0) is 0 Å². The lowest BCUT2D eigenvalue weighted by Crippen LogP contribution is -2.19. The Labute approximate surface area is 127 Å². The smallest absolute Gasteiger partial charge is 0.124 e. The van der Waals surface area contributed by atoms with E-state index in [1.54, 1.807) is 26.3 Å². The third kappa shape index (κ3) is 4.19. The number of hydrogen-bond acceptors (Lipinski definition) is 3. The van der Waals surface area contributed by atoms with Crippen molar-refractivity contribution < 1.29 is 13.5 Å². The maximum Gasteiger partial charge on any atom is 0.124 e. The maximum atomic E-state index is 13.5. The average Bonchev–Trinajstić information content (AvgIpc) is 2.48. The lowest BCUT2D eigenvalue weighted by Gasteiger charge is -2.19. The number of nitrogens with one attached hydrogen (secondary N) is 1. The molecule has 0 saturated carbocycles. The first kappa shape index (κ1) is 15.8. The molecule has 0 aliphatic carbocycles. The molecule has 0 fully saturated rings. The van der Waals surface area contributed by atoms with Crippen molar-refractivity contribution in [2.75, 3.05) is 19.9 Å². The van der Waals surface area contributed by atoms with Crippen LogP contribution in [0.4, 0.5) is 8.78 Å². The summed E-state index contributed by atoms with van der Waals surface area (Å²) in [6.07, 6.45) is 0. The Balaban J connectivity index is 2.15. The van der Waals surface area contributed by atoms with Crippen LogP contribution >= 0.6 is 11.8 Å². The summed E-state index contributed by atoms with van der Waals surface area (Å²) in [5.74, 6) is 0.710. The molecule has 112 valence electrons. The fraction of sp³-hybridized carbons (Fsp3) is 0.250. The lowest BCUT2D eigenvalue weighted by molar-refractivity contribution is 0.402. The summed E-state index contributed by atoms with van der Waals surface area (Å²) in [7, 11) is 3.37. The van der Waals surface area contributed by atoms with Gasteiger partial charge in [0.15, 0.2) is 0 Å². The number of benzene rings is 2. The van der Waals surface area contributed by atoms with Crippen LogP contribution in [-0.4, -0.2) is 19.9 Å². The fourth-order valence-electron chi connectivity index (χ4n) is 2.04. The Bertz CT molecular complexity index is 607. The van der Waals surface area contributed by atoms with E-state index in [4.69, 9.17) is 4.74 Å². The highest BCUT2D eigenvalue weighted by Gasteiger charge is 2.16. The van der Waals surface area contributed by atoms with Gasteiger partial charge in [-0.3, -0.25) is 0 Å². The molecule has 2 rings (SSSR count). The Hall–Kier alpha value is -1.59. The molecule has 0 bridgehead atoms. The highest BCUT2D eigenvalue weighted by molar-refractivity contribution is 7.99. The molecule has 5 heteroatoms. The second kappa shape index (κ2) is 7.43. The normalized spacial score (nSPS) is 12.2. The Kier molecular flexibility index (Phi) is 5.59. The minimum absolute atomic E-state index is 0.0936. The minimum atomic E-state index is -0.304. The number of methoxy groups -OCH3 is 1. The predicted molar refractivity (Wildman–Crippen MR) is 81.9 cm³/mol. The van der Waals surface area contributed by atoms with Crippen molar-refractivity contribution in [2.45, 2.75) is 10.9 Å². The molecule has 0 aliphatic rings. The van der Waals surface area contributed by atoms with E-state index in [1.165, 1.54) is 36.0 Å². The van der Waals surface area contributed by atoms with Crippen LogP contribution in [0.1, 0.15) is 11.6 Å². The van der Waals surface area contributed by atoms with Gasteiger partial charge in [0.2, 0.25) is 0 Å². The van der Waals surface area contributed by atoms with Crippen molar-refractivity contribution in [1.29, 1.82) is 0 Å². The van der Waals surface area contributed by atoms with Gasteiger partial charge in [0.05, 0.1) is 7.11 Å². The van der Waals surface area contributed by atoms with Gasteiger partial charge < -0.3 is 10.1 Å². The van der Waals surface area contributed by atoms with Crippen LogP contribution < -0.4 is 10.1 Å². The predicted octanol–water partition coefficient (Wildman–Crippen LogP) is 4.03. The first-order valence-corrected chi connectivity index (χ1v) is 7.51. The second-order valence-electron chi connectivity index (χ2n) is 4.50. The molecular formula is C16H17F2NOS. The largest absolute Gasteiger partial charge is 0.496 e. The molecule has 1 atom stereocenters. The molecule has 0 amide bonds. The molecule has 0 aromatic heterocycles. The van der Waals surface area contributed by atoms with Crippen LogP contribution in [0.15, 0.2) is 47.4 Å². The number of thioether (sulfide) groups is 1. The van der Waals surface area contributed by atoms with Crippen molar-refractivity contribution in [3.05, 3.63) is 59.7 Å². The Morgan fingerprint density at radius 1 is 1.14 bits per heavy atom. The highest BCUT2D eigenvalue weighted by atomic mass is 32.2. The van der Waals surface area contributed by atoms with Gasteiger partial charge in [0.25, 0.3) is 0 Å². The van der Waals surface area contributed by atoms with E-state index in [1.807, 2.05) is 6.07 Å². The van der Waals surface area contributed by atoms with Crippen molar-refractivity contribution in [1.82, 2.24) is 5.32 Å². The summed E-state index contributed by atoms with van der Waals surface area (Å²) >= 11 is 1.51. The van der Waals surface area contributed by atoms with Crippen LogP contribution in [0.5, 0.6) is 5.75 Å². The van der Waals surface area contributed by atoms with E-state index in [-0.39, 0.29) is 17.7 Å². The Morgan fingerprint density at radius 2 is 1.90 bits per heavy atom. The number of hydrogen-bond donors (Lipinski definition) is 1. The lowest BCUT2D eigenvalue weighted by atomic mass is 10.1. The maximum absolute atomic E-state index is 13.5. The first-order chi connectivity index (χ1) is 10.1.